The van der Waals surface area contributed by atoms with Crippen molar-refractivity contribution in [3.63, 3.8) is 0 Å². The van der Waals surface area contributed by atoms with E-state index >= 15 is 0 Å². The van der Waals surface area contributed by atoms with Gasteiger partial charge in [-0.3, -0.25) is 4.79 Å². The van der Waals surface area contributed by atoms with Crippen molar-refractivity contribution in [2.24, 2.45) is 5.73 Å². The topological polar surface area (TPSA) is 103 Å². The van der Waals surface area contributed by atoms with Crippen LogP contribution in [0, 0.1) is 5.82 Å². The zero-order valence-corrected chi connectivity index (χ0v) is 13.3. The van der Waals surface area contributed by atoms with E-state index in [0.29, 0.717) is 28.3 Å². The first-order valence-electron chi connectivity index (χ1n) is 7.34. The third-order valence-electron chi connectivity index (χ3n) is 3.50. The summed E-state index contributed by atoms with van der Waals surface area (Å²) in [6.07, 6.45) is 0. The number of H-pyrrole nitrogens is 1. The number of rotatable bonds is 6. The number of hydrogen-bond acceptors (Lipinski definition) is 5. The quantitative estimate of drug-likeness (QED) is 0.715. The van der Waals surface area contributed by atoms with Gasteiger partial charge in [-0.1, -0.05) is 12.1 Å². The van der Waals surface area contributed by atoms with Crippen LogP contribution in [-0.2, 0) is 6.61 Å². The molecule has 0 bridgehead atoms. The van der Waals surface area contributed by atoms with E-state index in [-0.39, 0.29) is 18.1 Å². The lowest BCUT2D eigenvalue weighted by Gasteiger charge is -2.12. The van der Waals surface area contributed by atoms with Gasteiger partial charge in [0.15, 0.2) is 17.2 Å². The summed E-state index contributed by atoms with van der Waals surface area (Å²) in [7, 11) is 1.51. The van der Waals surface area contributed by atoms with Crippen LogP contribution in [0.5, 0.6) is 11.5 Å². The second kappa shape index (κ2) is 7.00. The van der Waals surface area contributed by atoms with Crippen molar-refractivity contribution in [2.75, 3.05) is 7.11 Å². The number of aromatic amines is 1. The monoisotopic (exact) mass is 342 g/mol. The van der Waals surface area contributed by atoms with Crippen molar-refractivity contribution in [3.05, 3.63) is 59.5 Å². The van der Waals surface area contributed by atoms with Gasteiger partial charge in [0.05, 0.1) is 7.11 Å². The maximum Gasteiger partial charge on any atom is 0.271 e. The first kappa shape index (κ1) is 16.4. The molecule has 8 heteroatoms. The number of nitrogens with one attached hydrogen (secondary N) is 1. The number of benzene rings is 2. The minimum atomic E-state index is -0.693. The van der Waals surface area contributed by atoms with E-state index in [9.17, 15) is 9.18 Å². The summed E-state index contributed by atoms with van der Waals surface area (Å²) in [5.74, 6) is -0.121. The Morgan fingerprint density at radius 3 is 2.76 bits per heavy atom. The molecular formula is C17H15FN4O3. The molecule has 3 rings (SSSR count). The maximum absolute atomic E-state index is 13.3. The highest BCUT2D eigenvalue weighted by atomic mass is 19.1. The molecule has 0 unspecified atom stereocenters. The molecule has 3 N–H and O–H groups in total. The van der Waals surface area contributed by atoms with Gasteiger partial charge >= 0.3 is 0 Å². The lowest BCUT2D eigenvalue weighted by molar-refractivity contribution is 0.0996. The molecule has 1 heterocycles. The molecule has 128 valence electrons. The van der Waals surface area contributed by atoms with Crippen molar-refractivity contribution in [2.45, 2.75) is 6.61 Å². The Hall–Kier alpha value is -3.42. The predicted molar refractivity (Wildman–Crippen MR) is 87.6 cm³/mol. The summed E-state index contributed by atoms with van der Waals surface area (Å²) in [6, 6.07) is 11.1. The first-order chi connectivity index (χ1) is 12.1. The maximum atomic E-state index is 13.3. The molecule has 25 heavy (non-hydrogen) atoms. The summed E-state index contributed by atoms with van der Waals surface area (Å²) in [5, 5.41) is 10.1. The van der Waals surface area contributed by atoms with Crippen LogP contribution >= 0.6 is 0 Å². The lowest BCUT2D eigenvalue weighted by atomic mass is 10.1. The summed E-state index contributed by atoms with van der Waals surface area (Å²) < 4.78 is 24.3. The Labute approximate surface area is 142 Å². The van der Waals surface area contributed by atoms with Crippen molar-refractivity contribution >= 4 is 5.91 Å². The summed E-state index contributed by atoms with van der Waals surface area (Å²) in [5.41, 5.74) is 6.88. The van der Waals surface area contributed by atoms with Gasteiger partial charge < -0.3 is 15.2 Å². The van der Waals surface area contributed by atoms with Crippen molar-refractivity contribution in [3.8, 4) is 22.8 Å². The van der Waals surface area contributed by atoms with Crippen LogP contribution in [0.1, 0.15) is 16.1 Å². The zero-order valence-electron chi connectivity index (χ0n) is 13.3. The Bertz CT molecular complexity index is 910. The number of aromatic nitrogens is 3. The minimum absolute atomic E-state index is 0.0289. The minimum Gasteiger partial charge on any atom is -0.493 e. The molecule has 0 aliphatic rings. The average Bonchev–Trinajstić information content (AvgIpc) is 3.10. The lowest BCUT2D eigenvalue weighted by Crippen LogP contribution is -2.12. The summed E-state index contributed by atoms with van der Waals surface area (Å²) in [6.45, 7) is 0.152. The van der Waals surface area contributed by atoms with Crippen molar-refractivity contribution < 1.29 is 18.7 Å². The van der Waals surface area contributed by atoms with Gasteiger partial charge in [0.1, 0.15) is 18.1 Å². The molecule has 1 amide bonds. The Morgan fingerprint density at radius 2 is 2.04 bits per heavy atom. The smallest absolute Gasteiger partial charge is 0.271 e. The SMILES string of the molecule is COc1ccc(-c2n[nH]nc2C(N)=O)cc1OCc1cccc(F)c1. The number of nitrogens with two attached hydrogens (primary N) is 1. The number of methoxy groups -OCH3 is 1. The van der Waals surface area contributed by atoms with E-state index in [2.05, 4.69) is 15.4 Å². The number of ether oxygens (including phenoxy) is 2. The van der Waals surface area contributed by atoms with Crippen LogP contribution in [0.2, 0.25) is 0 Å². The molecule has 1 aromatic heterocycles. The van der Waals surface area contributed by atoms with E-state index in [1.165, 1.54) is 19.2 Å². The van der Waals surface area contributed by atoms with E-state index in [0.717, 1.165) is 0 Å². The van der Waals surface area contributed by atoms with Gasteiger partial charge in [0.25, 0.3) is 5.91 Å². The van der Waals surface area contributed by atoms with E-state index < -0.39 is 5.91 Å². The number of amides is 1. The zero-order chi connectivity index (χ0) is 17.8. The molecule has 0 atom stereocenters. The summed E-state index contributed by atoms with van der Waals surface area (Å²) in [4.78, 5) is 11.4. The van der Waals surface area contributed by atoms with Crippen molar-refractivity contribution in [1.82, 2.24) is 15.4 Å². The van der Waals surface area contributed by atoms with Crippen LogP contribution in [0.4, 0.5) is 4.39 Å². The van der Waals surface area contributed by atoms with Crippen LogP contribution in [0.15, 0.2) is 42.5 Å². The summed E-state index contributed by atoms with van der Waals surface area (Å²) >= 11 is 0. The van der Waals surface area contributed by atoms with Crippen LogP contribution in [-0.4, -0.2) is 28.4 Å². The van der Waals surface area contributed by atoms with Crippen molar-refractivity contribution in [1.29, 1.82) is 0 Å². The van der Waals surface area contributed by atoms with E-state index in [1.54, 1.807) is 30.3 Å². The fraction of sp³-hybridized carbons (Fsp3) is 0.118. The third-order valence-corrected chi connectivity index (χ3v) is 3.50. The molecule has 0 saturated heterocycles. The van der Waals surface area contributed by atoms with Gasteiger partial charge in [0, 0.05) is 5.56 Å². The average molecular weight is 342 g/mol. The van der Waals surface area contributed by atoms with Crippen LogP contribution in [0.3, 0.4) is 0 Å². The fourth-order valence-corrected chi connectivity index (χ4v) is 2.33. The molecule has 0 aliphatic heterocycles. The normalized spacial score (nSPS) is 10.5. The van der Waals surface area contributed by atoms with Gasteiger partial charge in [-0.15, -0.1) is 0 Å². The van der Waals surface area contributed by atoms with Gasteiger partial charge in [0.2, 0.25) is 0 Å². The van der Waals surface area contributed by atoms with Gasteiger partial charge in [-0.25, -0.2) is 4.39 Å². The molecule has 3 aromatic rings. The van der Waals surface area contributed by atoms with Crippen LogP contribution in [0.25, 0.3) is 11.3 Å². The largest absolute Gasteiger partial charge is 0.493 e. The highest BCUT2D eigenvalue weighted by Gasteiger charge is 2.17. The number of carbonyl (C=O) groups is 1. The molecule has 0 fully saturated rings. The molecule has 0 radical (unpaired) electrons. The van der Waals surface area contributed by atoms with Crippen LogP contribution < -0.4 is 15.2 Å². The Balaban J connectivity index is 1.90. The van der Waals surface area contributed by atoms with E-state index in [4.69, 9.17) is 15.2 Å². The third kappa shape index (κ3) is 3.57. The predicted octanol–water partition coefficient (Wildman–Crippen LogP) is 2.30. The fourth-order valence-electron chi connectivity index (χ4n) is 2.33. The molecule has 0 aliphatic carbocycles. The first-order valence-corrected chi connectivity index (χ1v) is 7.34. The Kier molecular flexibility index (Phi) is 4.60. The second-order valence-corrected chi connectivity index (χ2v) is 5.17. The highest BCUT2D eigenvalue weighted by Crippen LogP contribution is 2.33. The number of primary amides is 1. The molecule has 0 saturated carbocycles. The standard InChI is InChI=1S/C17H15FN4O3/c1-24-13-6-5-11(15-16(17(19)23)21-22-20-15)8-14(13)25-9-10-3-2-4-12(18)7-10/h2-8H,9H2,1H3,(H2,19,23)(H,20,21,22). The number of carbonyl (C=O) groups excluding carboxylic acids is 1. The second-order valence-electron chi connectivity index (χ2n) is 5.17. The van der Waals surface area contributed by atoms with E-state index in [1.807, 2.05) is 0 Å². The number of halogens is 1. The van der Waals surface area contributed by atoms with Gasteiger partial charge in [-0.05, 0) is 35.9 Å². The molecule has 0 spiro atoms. The molecule has 2 aromatic carbocycles. The molecular weight excluding hydrogens is 327 g/mol. The Morgan fingerprint density at radius 1 is 1.20 bits per heavy atom. The van der Waals surface area contributed by atoms with Gasteiger partial charge in [-0.2, -0.15) is 15.4 Å². The number of nitrogens with zero attached hydrogens (tertiary/aromatic N) is 2. The molecule has 7 nitrogen and oxygen atoms in total. The number of hydrogen-bond donors (Lipinski definition) is 2. The highest BCUT2D eigenvalue weighted by molar-refractivity contribution is 5.96.